The van der Waals surface area contributed by atoms with Crippen molar-refractivity contribution in [2.75, 3.05) is 45.8 Å². The minimum Gasteiger partial charge on any atom is -0.353 e. The summed E-state index contributed by atoms with van der Waals surface area (Å²) in [4.78, 5) is 21.2. The van der Waals surface area contributed by atoms with Gasteiger partial charge in [-0.3, -0.25) is 14.7 Å². The Morgan fingerprint density at radius 2 is 2.10 bits per heavy atom. The molecule has 1 aliphatic carbocycles. The highest BCUT2D eigenvalue weighted by atomic mass is 127. The first-order valence-corrected chi connectivity index (χ1v) is 10.2. The molecule has 1 saturated heterocycles. The van der Waals surface area contributed by atoms with Gasteiger partial charge in [0.25, 0.3) is 0 Å². The highest BCUT2D eigenvalue weighted by molar-refractivity contribution is 14.0. The van der Waals surface area contributed by atoms with E-state index in [9.17, 15) is 4.79 Å². The molecule has 1 aliphatic heterocycles. The quantitative estimate of drug-likeness (QED) is 0.215. The van der Waals surface area contributed by atoms with Gasteiger partial charge in [-0.25, -0.2) is 0 Å². The van der Waals surface area contributed by atoms with Crippen molar-refractivity contribution in [3.8, 4) is 0 Å². The average Bonchev–Trinajstić information content (AvgIpc) is 3.39. The predicted octanol–water partition coefficient (Wildman–Crippen LogP) is 0.486. The number of hydrogen-bond donors (Lipinski definition) is 2. The van der Waals surface area contributed by atoms with Crippen LogP contribution in [0.15, 0.2) is 24.0 Å². The predicted molar refractivity (Wildman–Crippen MR) is 124 cm³/mol. The summed E-state index contributed by atoms with van der Waals surface area (Å²) in [7, 11) is 0. The first-order valence-electron chi connectivity index (χ1n) is 10.2. The number of nitrogens with zero attached hydrogens (tertiary/aromatic N) is 6. The van der Waals surface area contributed by atoms with E-state index in [1.54, 1.807) is 6.33 Å². The number of aromatic nitrogens is 3. The number of piperazine rings is 1. The summed E-state index contributed by atoms with van der Waals surface area (Å²) in [5, 5.41) is 14.5. The standard InChI is InChI=1S/C19H32N8O.HI/c1-3-7-20-19(21-8-9-27-15-22-24-17(27)4-2)26-12-10-25(11-13-26)14-18(28)23-16-5-6-16;/h3,15-16H,1,4-14H2,2H3,(H,20,21)(H,23,28);1H. The van der Waals surface area contributed by atoms with E-state index in [-0.39, 0.29) is 29.9 Å². The molecular formula is C19H33IN8O. The zero-order valence-electron chi connectivity index (χ0n) is 17.2. The fraction of sp³-hybridized carbons (Fsp3) is 0.684. The molecule has 9 nitrogen and oxygen atoms in total. The molecule has 2 heterocycles. The maximum absolute atomic E-state index is 12.0. The van der Waals surface area contributed by atoms with Gasteiger partial charge in [-0.1, -0.05) is 13.0 Å². The molecule has 0 unspecified atom stereocenters. The highest BCUT2D eigenvalue weighted by Crippen LogP contribution is 2.18. The summed E-state index contributed by atoms with van der Waals surface area (Å²) in [6.45, 7) is 11.9. The Morgan fingerprint density at radius 1 is 1.34 bits per heavy atom. The number of aliphatic imine (C=N–C) groups is 1. The van der Waals surface area contributed by atoms with Crippen molar-refractivity contribution in [1.82, 2.24) is 35.2 Å². The minimum atomic E-state index is 0. The molecule has 10 heteroatoms. The summed E-state index contributed by atoms with van der Waals surface area (Å²) in [5.74, 6) is 2.03. The van der Waals surface area contributed by atoms with E-state index in [2.05, 4.69) is 44.1 Å². The summed E-state index contributed by atoms with van der Waals surface area (Å²) in [6.07, 6.45) is 6.72. The average molecular weight is 516 g/mol. The molecule has 3 rings (SSSR count). The lowest BCUT2D eigenvalue weighted by Crippen LogP contribution is -2.54. The van der Waals surface area contributed by atoms with E-state index in [1.165, 1.54) is 0 Å². The van der Waals surface area contributed by atoms with Crippen molar-refractivity contribution >= 4 is 35.8 Å². The third-order valence-electron chi connectivity index (χ3n) is 5.00. The molecule has 2 aliphatic rings. The molecule has 1 aromatic rings. The Bertz CT molecular complexity index is 680. The zero-order chi connectivity index (χ0) is 19.8. The van der Waals surface area contributed by atoms with Crippen LogP contribution in [0.5, 0.6) is 0 Å². The van der Waals surface area contributed by atoms with Crippen molar-refractivity contribution in [1.29, 1.82) is 0 Å². The third-order valence-corrected chi connectivity index (χ3v) is 5.00. The van der Waals surface area contributed by atoms with Gasteiger partial charge in [-0.05, 0) is 12.8 Å². The van der Waals surface area contributed by atoms with Crippen molar-refractivity contribution in [3.63, 3.8) is 0 Å². The molecule has 1 amide bonds. The van der Waals surface area contributed by atoms with Gasteiger partial charge in [0.15, 0.2) is 5.96 Å². The number of rotatable bonds is 9. The largest absolute Gasteiger partial charge is 0.353 e. The third kappa shape index (κ3) is 7.57. The van der Waals surface area contributed by atoms with Crippen LogP contribution in [-0.2, 0) is 17.8 Å². The summed E-state index contributed by atoms with van der Waals surface area (Å²) < 4.78 is 2.05. The number of guanidine groups is 1. The van der Waals surface area contributed by atoms with E-state index >= 15 is 0 Å². The SMILES string of the molecule is C=CCNC(=NCCn1cnnc1CC)N1CCN(CC(=O)NC2CC2)CC1.I. The summed E-state index contributed by atoms with van der Waals surface area (Å²) in [6, 6.07) is 0.426. The fourth-order valence-electron chi connectivity index (χ4n) is 3.26. The maximum atomic E-state index is 12.0. The van der Waals surface area contributed by atoms with Crippen LogP contribution in [0.25, 0.3) is 0 Å². The van der Waals surface area contributed by atoms with Crippen LogP contribution in [0.2, 0.25) is 0 Å². The zero-order valence-corrected chi connectivity index (χ0v) is 19.5. The van der Waals surface area contributed by atoms with E-state index in [0.29, 0.717) is 25.7 Å². The molecule has 0 spiro atoms. The summed E-state index contributed by atoms with van der Waals surface area (Å²) in [5.41, 5.74) is 0. The highest BCUT2D eigenvalue weighted by Gasteiger charge is 2.25. The number of halogens is 1. The number of carbonyl (C=O) groups is 1. The Labute approximate surface area is 190 Å². The van der Waals surface area contributed by atoms with Gasteiger partial charge in [0.05, 0.1) is 13.1 Å². The second kappa shape index (κ2) is 12.1. The number of amides is 1. The van der Waals surface area contributed by atoms with E-state index in [4.69, 9.17) is 4.99 Å². The smallest absolute Gasteiger partial charge is 0.234 e. The molecule has 0 bridgehead atoms. The summed E-state index contributed by atoms with van der Waals surface area (Å²) >= 11 is 0. The lowest BCUT2D eigenvalue weighted by molar-refractivity contribution is -0.122. The molecule has 0 radical (unpaired) electrons. The molecule has 0 atom stereocenters. The lowest BCUT2D eigenvalue weighted by atomic mass is 10.3. The van der Waals surface area contributed by atoms with Gasteiger partial charge in [0.2, 0.25) is 5.91 Å². The number of nitrogens with one attached hydrogen (secondary N) is 2. The van der Waals surface area contributed by atoms with Gasteiger partial charge < -0.3 is 20.1 Å². The van der Waals surface area contributed by atoms with E-state index < -0.39 is 0 Å². The van der Waals surface area contributed by atoms with Crippen LogP contribution in [0.1, 0.15) is 25.6 Å². The monoisotopic (exact) mass is 516 g/mol. The molecular weight excluding hydrogens is 483 g/mol. The van der Waals surface area contributed by atoms with Gasteiger partial charge in [-0.2, -0.15) is 0 Å². The first kappa shape index (κ1) is 23.6. The van der Waals surface area contributed by atoms with E-state index in [0.717, 1.165) is 63.8 Å². The van der Waals surface area contributed by atoms with Crippen molar-refractivity contribution in [3.05, 3.63) is 24.8 Å². The van der Waals surface area contributed by atoms with Crippen molar-refractivity contribution in [2.45, 2.75) is 38.8 Å². The lowest BCUT2D eigenvalue weighted by Gasteiger charge is -2.36. The molecule has 1 aromatic heterocycles. The maximum Gasteiger partial charge on any atom is 0.234 e. The van der Waals surface area contributed by atoms with Crippen LogP contribution in [0, 0.1) is 0 Å². The van der Waals surface area contributed by atoms with Crippen molar-refractivity contribution in [2.24, 2.45) is 4.99 Å². The Hall–Kier alpha value is -1.69. The van der Waals surface area contributed by atoms with Crippen LogP contribution < -0.4 is 10.6 Å². The normalized spacial score (nSPS) is 17.6. The van der Waals surface area contributed by atoms with Gasteiger partial charge in [0.1, 0.15) is 12.2 Å². The number of hydrogen-bond acceptors (Lipinski definition) is 5. The Balaban J connectivity index is 0.00000300. The van der Waals surface area contributed by atoms with Gasteiger partial charge in [-0.15, -0.1) is 40.8 Å². The van der Waals surface area contributed by atoms with Crippen LogP contribution in [0.4, 0.5) is 0 Å². The van der Waals surface area contributed by atoms with E-state index in [1.807, 2.05) is 10.6 Å². The molecule has 29 heavy (non-hydrogen) atoms. The molecule has 0 aromatic carbocycles. The Kier molecular flexibility index (Phi) is 9.85. The number of aryl methyl sites for hydroxylation is 1. The van der Waals surface area contributed by atoms with Crippen LogP contribution >= 0.6 is 24.0 Å². The Morgan fingerprint density at radius 3 is 2.76 bits per heavy atom. The molecule has 162 valence electrons. The van der Waals surface area contributed by atoms with Crippen LogP contribution in [-0.4, -0.2) is 88.3 Å². The molecule has 1 saturated carbocycles. The fourth-order valence-corrected chi connectivity index (χ4v) is 3.26. The van der Waals surface area contributed by atoms with Crippen LogP contribution in [0.3, 0.4) is 0 Å². The first-order chi connectivity index (χ1) is 13.7. The second-order valence-corrected chi connectivity index (χ2v) is 7.27. The van der Waals surface area contributed by atoms with Gasteiger partial charge >= 0.3 is 0 Å². The second-order valence-electron chi connectivity index (χ2n) is 7.27. The van der Waals surface area contributed by atoms with Gasteiger partial charge in [0, 0.05) is 51.7 Å². The van der Waals surface area contributed by atoms with Crippen molar-refractivity contribution < 1.29 is 4.79 Å². The topological polar surface area (TPSA) is 90.7 Å². The minimum absolute atomic E-state index is 0. The molecule has 2 N–H and O–H groups in total. The number of carbonyl (C=O) groups excluding carboxylic acids is 1. The molecule has 2 fully saturated rings.